The summed E-state index contributed by atoms with van der Waals surface area (Å²) in [5, 5.41) is 13.0. The summed E-state index contributed by atoms with van der Waals surface area (Å²) in [5.74, 6) is 0.635. The van der Waals surface area contributed by atoms with Crippen LogP contribution in [0.1, 0.15) is 64.7 Å². The van der Waals surface area contributed by atoms with Crippen LogP contribution in [0.25, 0.3) is 0 Å². The molecule has 0 saturated heterocycles. The second-order valence-electron chi connectivity index (χ2n) is 5.77. The van der Waals surface area contributed by atoms with Crippen molar-refractivity contribution in [3.63, 3.8) is 0 Å². The van der Waals surface area contributed by atoms with Crippen LogP contribution in [0.4, 0.5) is 0 Å². The highest BCUT2D eigenvalue weighted by molar-refractivity contribution is 5.76. The second kappa shape index (κ2) is 9.32. The Morgan fingerprint density at radius 3 is 2.74 bits per heavy atom. The molecule has 19 heavy (non-hydrogen) atoms. The lowest BCUT2D eigenvalue weighted by atomic mass is 9.96. The molecule has 0 aliphatic heterocycles. The van der Waals surface area contributed by atoms with Crippen LogP contribution in [0.15, 0.2) is 0 Å². The molecule has 1 aliphatic carbocycles. The van der Waals surface area contributed by atoms with Crippen LogP contribution in [0.3, 0.4) is 0 Å². The number of aliphatic hydroxyl groups is 1. The number of hydrogen-bond donors (Lipinski definition) is 3. The maximum Gasteiger partial charge on any atom is 0.220 e. The summed E-state index contributed by atoms with van der Waals surface area (Å²) in [6.45, 7) is 2.84. The molecule has 1 aliphatic rings. The largest absolute Gasteiger partial charge is 0.391 e. The van der Waals surface area contributed by atoms with Gasteiger partial charge in [-0.1, -0.05) is 32.6 Å². The number of nitrogens with one attached hydrogen (secondary N) is 1. The third-order valence-corrected chi connectivity index (χ3v) is 4.26. The molecule has 4 N–H and O–H groups in total. The molecule has 0 aromatic carbocycles. The Hall–Kier alpha value is -0.610. The molecule has 3 atom stereocenters. The summed E-state index contributed by atoms with van der Waals surface area (Å²) in [6.07, 6.45) is 8.24. The number of nitrogens with two attached hydrogens (primary N) is 1. The van der Waals surface area contributed by atoms with Crippen LogP contribution in [0, 0.1) is 5.92 Å². The van der Waals surface area contributed by atoms with Gasteiger partial charge in [-0.2, -0.15) is 0 Å². The number of aliphatic hydroxyl groups excluding tert-OH is 1. The van der Waals surface area contributed by atoms with Gasteiger partial charge < -0.3 is 16.2 Å². The van der Waals surface area contributed by atoms with Gasteiger partial charge in [0, 0.05) is 6.42 Å². The molecular weight excluding hydrogens is 240 g/mol. The van der Waals surface area contributed by atoms with Gasteiger partial charge in [0.15, 0.2) is 0 Å². The molecule has 0 radical (unpaired) electrons. The van der Waals surface area contributed by atoms with E-state index in [4.69, 9.17) is 5.73 Å². The average Bonchev–Trinajstić information content (AvgIpc) is 2.60. The monoisotopic (exact) mass is 270 g/mol. The summed E-state index contributed by atoms with van der Waals surface area (Å²) in [5.41, 5.74) is 5.56. The van der Waals surface area contributed by atoms with Crippen LogP contribution in [-0.2, 0) is 4.79 Å². The van der Waals surface area contributed by atoms with E-state index in [2.05, 4.69) is 12.2 Å². The average molecular weight is 270 g/mol. The molecule has 1 saturated carbocycles. The van der Waals surface area contributed by atoms with Crippen LogP contribution < -0.4 is 11.1 Å². The number of rotatable bonds is 7. The van der Waals surface area contributed by atoms with Crippen LogP contribution in [-0.4, -0.2) is 29.7 Å². The molecule has 4 nitrogen and oxygen atoms in total. The fourth-order valence-electron chi connectivity index (χ4n) is 2.86. The molecule has 0 heterocycles. The normalized spacial score (nSPS) is 25.6. The van der Waals surface area contributed by atoms with Gasteiger partial charge in [0.05, 0.1) is 12.1 Å². The molecule has 0 spiro atoms. The SMILES string of the molecule is CCC(CCN)CCC(=O)NC1CCCCCC1O. The zero-order valence-electron chi connectivity index (χ0n) is 12.2. The molecule has 3 unspecified atom stereocenters. The number of carbonyl (C=O) groups excluding carboxylic acids is 1. The Morgan fingerprint density at radius 1 is 1.32 bits per heavy atom. The third-order valence-electron chi connectivity index (χ3n) is 4.26. The second-order valence-corrected chi connectivity index (χ2v) is 5.77. The highest BCUT2D eigenvalue weighted by Gasteiger charge is 2.23. The highest BCUT2D eigenvalue weighted by Crippen LogP contribution is 2.19. The van der Waals surface area contributed by atoms with Gasteiger partial charge in [0.2, 0.25) is 5.91 Å². The number of carbonyl (C=O) groups is 1. The molecule has 4 heteroatoms. The van der Waals surface area contributed by atoms with Gasteiger partial charge >= 0.3 is 0 Å². The smallest absolute Gasteiger partial charge is 0.220 e. The van der Waals surface area contributed by atoms with Crippen molar-refractivity contribution in [1.82, 2.24) is 5.32 Å². The van der Waals surface area contributed by atoms with E-state index >= 15 is 0 Å². The summed E-state index contributed by atoms with van der Waals surface area (Å²) in [6, 6.07) is -0.0374. The molecule has 1 fully saturated rings. The first-order valence-electron chi connectivity index (χ1n) is 7.84. The molecule has 0 bridgehead atoms. The van der Waals surface area contributed by atoms with Gasteiger partial charge in [0.1, 0.15) is 0 Å². The van der Waals surface area contributed by atoms with E-state index < -0.39 is 0 Å². The molecular formula is C15H30N2O2. The minimum absolute atomic E-state index is 0.0374. The third kappa shape index (κ3) is 6.39. The van der Waals surface area contributed by atoms with E-state index in [9.17, 15) is 9.90 Å². The van der Waals surface area contributed by atoms with E-state index in [1.54, 1.807) is 0 Å². The Labute approximate surface area is 117 Å². The van der Waals surface area contributed by atoms with E-state index in [-0.39, 0.29) is 18.1 Å². The summed E-state index contributed by atoms with van der Waals surface area (Å²) >= 11 is 0. The maximum atomic E-state index is 11.9. The minimum atomic E-state index is -0.363. The Kier molecular flexibility index (Phi) is 8.07. The molecule has 112 valence electrons. The van der Waals surface area contributed by atoms with Crippen LogP contribution in [0.5, 0.6) is 0 Å². The fourth-order valence-corrected chi connectivity index (χ4v) is 2.86. The first kappa shape index (κ1) is 16.4. The topological polar surface area (TPSA) is 75.4 Å². The predicted octanol–water partition coefficient (Wildman–Crippen LogP) is 1.95. The van der Waals surface area contributed by atoms with Gasteiger partial charge in [-0.15, -0.1) is 0 Å². The van der Waals surface area contributed by atoms with E-state index in [0.717, 1.165) is 51.4 Å². The Morgan fingerprint density at radius 2 is 2.05 bits per heavy atom. The first-order chi connectivity index (χ1) is 9.17. The first-order valence-corrected chi connectivity index (χ1v) is 7.84. The molecule has 1 amide bonds. The van der Waals surface area contributed by atoms with Gasteiger partial charge in [-0.3, -0.25) is 4.79 Å². The maximum absolute atomic E-state index is 11.9. The van der Waals surface area contributed by atoms with Gasteiger partial charge in [-0.25, -0.2) is 0 Å². The predicted molar refractivity (Wildman–Crippen MR) is 77.7 cm³/mol. The zero-order chi connectivity index (χ0) is 14.1. The van der Waals surface area contributed by atoms with Gasteiger partial charge in [-0.05, 0) is 38.1 Å². The lowest BCUT2D eigenvalue weighted by molar-refractivity contribution is -0.123. The Balaban J connectivity index is 2.29. The van der Waals surface area contributed by atoms with Crippen molar-refractivity contribution in [2.75, 3.05) is 6.54 Å². The molecule has 1 rings (SSSR count). The van der Waals surface area contributed by atoms with Crippen LogP contribution in [0.2, 0.25) is 0 Å². The van der Waals surface area contributed by atoms with Crippen molar-refractivity contribution in [2.45, 2.75) is 76.9 Å². The van der Waals surface area contributed by atoms with Crippen molar-refractivity contribution in [3.05, 3.63) is 0 Å². The number of amides is 1. The zero-order valence-corrected chi connectivity index (χ0v) is 12.2. The van der Waals surface area contributed by atoms with Crippen molar-refractivity contribution in [2.24, 2.45) is 11.7 Å². The standard InChI is InChI=1S/C15H30N2O2/c1-2-12(10-11-16)8-9-15(19)17-13-6-4-3-5-7-14(13)18/h12-14,18H,2-11,16H2,1H3,(H,17,19). The molecule has 0 aromatic rings. The summed E-state index contributed by atoms with van der Waals surface area (Å²) in [7, 11) is 0. The van der Waals surface area contributed by atoms with E-state index in [0.29, 0.717) is 18.9 Å². The molecule has 0 aromatic heterocycles. The van der Waals surface area contributed by atoms with Crippen molar-refractivity contribution >= 4 is 5.91 Å². The van der Waals surface area contributed by atoms with Crippen LogP contribution >= 0.6 is 0 Å². The summed E-state index contributed by atoms with van der Waals surface area (Å²) in [4.78, 5) is 11.9. The summed E-state index contributed by atoms with van der Waals surface area (Å²) < 4.78 is 0. The van der Waals surface area contributed by atoms with Gasteiger partial charge in [0.25, 0.3) is 0 Å². The van der Waals surface area contributed by atoms with E-state index in [1.807, 2.05) is 0 Å². The lowest BCUT2D eigenvalue weighted by Gasteiger charge is -2.22. The van der Waals surface area contributed by atoms with Crippen molar-refractivity contribution in [1.29, 1.82) is 0 Å². The number of hydrogen-bond acceptors (Lipinski definition) is 3. The minimum Gasteiger partial charge on any atom is -0.391 e. The van der Waals surface area contributed by atoms with E-state index in [1.165, 1.54) is 0 Å². The Bertz CT molecular complexity index is 259. The fraction of sp³-hybridized carbons (Fsp3) is 0.933. The quantitative estimate of drug-likeness (QED) is 0.619. The van der Waals surface area contributed by atoms with Crippen molar-refractivity contribution < 1.29 is 9.90 Å². The van der Waals surface area contributed by atoms with Crippen molar-refractivity contribution in [3.8, 4) is 0 Å². The lowest BCUT2D eigenvalue weighted by Crippen LogP contribution is -2.42. The highest BCUT2D eigenvalue weighted by atomic mass is 16.3.